The topological polar surface area (TPSA) is 206 Å². The molecular formula is C20H43N7O4. The van der Waals surface area contributed by atoms with E-state index in [2.05, 4.69) is 5.32 Å². The number of hydrogen-bond acceptors (Lipinski definition) is 8. The quantitative estimate of drug-likeness (QED) is 0.137. The molecule has 0 saturated heterocycles. The molecule has 0 unspecified atom stereocenters. The van der Waals surface area contributed by atoms with E-state index < -0.39 is 18.2 Å². The third kappa shape index (κ3) is 15.5. The van der Waals surface area contributed by atoms with Crippen LogP contribution in [-0.2, 0) is 14.3 Å². The number of nitrogens with one attached hydrogen (secondary N) is 1. The van der Waals surface area contributed by atoms with Gasteiger partial charge < -0.3 is 43.6 Å². The molecule has 2 atom stereocenters. The van der Waals surface area contributed by atoms with Gasteiger partial charge in [-0.15, -0.1) is 0 Å². The second kappa shape index (κ2) is 18.8. The molecule has 0 heterocycles. The zero-order valence-electron chi connectivity index (χ0n) is 18.7. The summed E-state index contributed by atoms with van der Waals surface area (Å²) in [5.41, 5.74) is 27.6. The first kappa shape index (κ1) is 29.1. The summed E-state index contributed by atoms with van der Waals surface area (Å²) in [4.78, 5) is 37.9. The summed E-state index contributed by atoms with van der Waals surface area (Å²) < 4.78 is 4.84. The summed E-state index contributed by atoms with van der Waals surface area (Å²) in [6, 6.07) is -1.08. The van der Waals surface area contributed by atoms with Crippen molar-refractivity contribution in [1.29, 1.82) is 0 Å². The SMILES string of the molecule is NCCCCCN(CC(=O)N[C@@H](CCCCN)COC(N)=O)C(=O)[C@@H](N)CCCCN. The first-order valence-corrected chi connectivity index (χ1v) is 11.2. The Labute approximate surface area is 185 Å². The number of hydrogen-bond donors (Lipinski definition) is 6. The van der Waals surface area contributed by atoms with Gasteiger partial charge in [-0.3, -0.25) is 9.59 Å². The molecule has 0 aliphatic heterocycles. The van der Waals surface area contributed by atoms with E-state index in [9.17, 15) is 14.4 Å². The van der Waals surface area contributed by atoms with Crippen LogP contribution < -0.4 is 34.0 Å². The molecule has 0 aromatic rings. The minimum Gasteiger partial charge on any atom is -0.448 e. The van der Waals surface area contributed by atoms with Crippen LogP contribution in [0.2, 0.25) is 0 Å². The summed E-state index contributed by atoms with van der Waals surface area (Å²) in [5.74, 6) is -0.597. The fourth-order valence-electron chi connectivity index (χ4n) is 3.12. The Morgan fingerprint density at radius 2 is 1.42 bits per heavy atom. The molecule has 0 bridgehead atoms. The lowest BCUT2D eigenvalue weighted by Gasteiger charge is -2.27. The van der Waals surface area contributed by atoms with Gasteiger partial charge in [0.05, 0.1) is 18.6 Å². The summed E-state index contributed by atoms with van der Waals surface area (Å²) in [7, 11) is 0. The van der Waals surface area contributed by atoms with E-state index in [0.29, 0.717) is 39.0 Å². The number of amides is 3. The van der Waals surface area contributed by atoms with E-state index in [4.69, 9.17) is 33.4 Å². The molecule has 0 fully saturated rings. The Bertz CT molecular complexity index is 508. The van der Waals surface area contributed by atoms with Crippen LogP contribution in [0.1, 0.15) is 57.8 Å². The number of carbonyl (C=O) groups excluding carboxylic acids is 3. The number of carbonyl (C=O) groups is 3. The van der Waals surface area contributed by atoms with Gasteiger partial charge in [0.25, 0.3) is 0 Å². The Hall–Kier alpha value is -1.95. The fourth-order valence-corrected chi connectivity index (χ4v) is 3.12. The average Bonchev–Trinajstić information content (AvgIpc) is 2.73. The highest BCUT2D eigenvalue weighted by Crippen LogP contribution is 2.07. The molecule has 0 aliphatic rings. The van der Waals surface area contributed by atoms with Crippen LogP contribution in [0.15, 0.2) is 0 Å². The molecule has 0 rings (SSSR count). The molecule has 0 saturated carbocycles. The van der Waals surface area contributed by atoms with Gasteiger partial charge in [0.1, 0.15) is 6.61 Å². The molecular weight excluding hydrogens is 402 g/mol. The van der Waals surface area contributed by atoms with Crippen LogP contribution in [0, 0.1) is 0 Å². The maximum Gasteiger partial charge on any atom is 0.404 e. The molecule has 11 nitrogen and oxygen atoms in total. The molecule has 3 amide bonds. The van der Waals surface area contributed by atoms with Gasteiger partial charge in [0.2, 0.25) is 11.8 Å². The monoisotopic (exact) mass is 445 g/mol. The van der Waals surface area contributed by atoms with Crippen LogP contribution in [0.4, 0.5) is 4.79 Å². The highest BCUT2D eigenvalue weighted by atomic mass is 16.5. The third-order valence-corrected chi connectivity index (χ3v) is 4.86. The van der Waals surface area contributed by atoms with Gasteiger partial charge in [-0.05, 0) is 58.2 Å². The number of nitrogens with two attached hydrogens (primary N) is 5. The van der Waals surface area contributed by atoms with Gasteiger partial charge >= 0.3 is 6.09 Å². The zero-order valence-corrected chi connectivity index (χ0v) is 18.7. The van der Waals surface area contributed by atoms with Crippen molar-refractivity contribution >= 4 is 17.9 Å². The summed E-state index contributed by atoms with van der Waals surface area (Å²) in [5, 5.41) is 2.83. The normalized spacial score (nSPS) is 12.8. The predicted molar refractivity (Wildman–Crippen MR) is 121 cm³/mol. The molecule has 0 aromatic heterocycles. The molecule has 11 N–H and O–H groups in total. The van der Waals surface area contributed by atoms with E-state index in [-0.39, 0.29) is 25.0 Å². The van der Waals surface area contributed by atoms with E-state index in [1.807, 2.05) is 0 Å². The minimum atomic E-state index is -0.904. The second-order valence-corrected chi connectivity index (χ2v) is 7.68. The van der Waals surface area contributed by atoms with Crippen LogP contribution >= 0.6 is 0 Å². The van der Waals surface area contributed by atoms with Gasteiger partial charge in [-0.2, -0.15) is 0 Å². The van der Waals surface area contributed by atoms with Crippen molar-refractivity contribution in [2.75, 3.05) is 39.3 Å². The molecule has 0 aliphatic carbocycles. The molecule has 182 valence electrons. The Kier molecular flexibility index (Phi) is 17.6. The predicted octanol–water partition coefficient (Wildman–Crippen LogP) is -0.891. The standard InChI is InChI=1S/C20H43N7O4/c21-10-4-1-7-13-27(19(29)17(24)9-3-6-12-23)14-18(28)26-16(8-2-5-11-22)15-31-20(25)30/h16-17H,1-15,21-24H2,(H2,25,30)(H,26,28)/t16-,17-/m0/s1. The first-order chi connectivity index (χ1) is 14.8. The van der Waals surface area contributed by atoms with E-state index in [0.717, 1.165) is 44.9 Å². The number of nitrogens with zero attached hydrogens (tertiary/aromatic N) is 1. The van der Waals surface area contributed by atoms with Gasteiger partial charge in [-0.25, -0.2) is 4.79 Å². The summed E-state index contributed by atoms with van der Waals surface area (Å²) in [6.45, 7) is 1.93. The highest BCUT2D eigenvalue weighted by Gasteiger charge is 2.24. The van der Waals surface area contributed by atoms with Crippen LogP contribution in [0.25, 0.3) is 0 Å². The molecule has 0 aromatic carbocycles. The maximum absolute atomic E-state index is 12.8. The lowest BCUT2D eigenvalue weighted by molar-refractivity contribution is -0.137. The molecule has 31 heavy (non-hydrogen) atoms. The lowest BCUT2D eigenvalue weighted by Crippen LogP contribution is -2.50. The van der Waals surface area contributed by atoms with Crippen molar-refractivity contribution in [3.05, 3.63) is 0 Å². The van der Waals surface area contributed by atoms with E-state index >= 15 is 0 Å². The highest BCUT2D eigenvalue weighted by molar-refractivity contribution is 5.87. The van der Waals surface area contributed by atoms with Crippen molar-refractivity contribution in [2.24, 2.45) is 28.7 Å². The minimum absolute atomic E-state index is 0.0330. The number of ether oxygens (including phenoxy) is 1. The lowest BCUT2D eigenvalue weighted by atomic mass is 10.1. The number of primary amides is 1. The molecule has 0 radical (unpaired) electrons. The van der Waals surface area contributed by atoms with Crippen molar-refractivity contribution in [1.82, 2.24) is 10.2 Å². The smallest absolute Gasteiger partial charge is 0.404 e. The van der Waals surface area contributed by atoms with Crippen molar-refractivity contribution in [3.63, 3.8) is 0 Å². The van der Waals surface area contributed by atoms with Crippen LogP contribution in [0.3, 0.4) is 0 Å². The first-order valence-electron chi connectivity index (χ1n) is 11.2. The second-order valence-electron chi connectivity index (χ2n) is 7.68. The van der Waals surface area contributed by atoms with Crippen molar-refractivity contribution < 1.29 is 19.1 Å². The van der Waals surface area contributed by atoms with E-state index in [1.165, 1.54) is 4.90 Å². The Morgan fingerprint density at radius 1 is 0.839 bits per heavy atom. The third-order valence-electron chi connectivity index (χ3n) is 4.86. The largest absolute Gasteiger partial charge is 0.448 e. The van der Waals surface area contributed by atoms with Gasteiger partial charge in [0, 0.05) is 6.54 Å². The van der Waals surface area contributed by atoms with Crippen molar-refractivity contribution in [3.8, 4) is 0 Å². The van der Waals surface area contributed by atoms with E-state index in [1.54, 1.807) is 0 Å². The fraction of sp³-hybridized carbons (Fsp3) is 0.850. The van der Waals surface area contributed by atoms with Crippen molar-refractivity contribution in [2.45, 2.75) is 69.9 Å². The Balaban J connectivity index is 4.92. The summed E-state index contributed by atoms with van der Waals surface area (Å²) in [6.07, 6.45) is 5.73. The van der Waals surface area contributed by atoms with Crippen LogP contribution in [-0.4, -0.2) is 74.2 Å². The number of unbranched alkanes of at least 4 members (excludes halogenated alkanes) is 4. The molecule has 11 heteroatoms. The van der Waals surface area contributed by atoms with Gasteiger partial charge in [-0.1, -0.05) is 19.3 Å². The molecule has 0 spiro atoms. The van der Waals surface area contributed by atoms with Crippen LogP contribution in [0.5, 0.6) is 0 Å². The van der Waals surface area contributed by atoms with Gasteiger partial charge in [0.15, 0.2) is 0 Å². The maximum atomic E-state index is 12.8. The average molecular weight is 446 g/mol. The summed E-state index contributed by atoms with van der Waals surface area (Å²) >= 11 is 0. The number of rotatable bonds is 19. The zero-order chi connectivity index (χ0) is 23.5. The Morgan fingerprint density at radius 3 is 2.00 bits per heavy atom.